The molecule has 1 aliphatic rings. The van der Waals surface area contributed by atoms with Gasteiger partial charge in [-0.1, -0.05) is 30.3 Å². The van der Waals surface area contributed by atoms with Gasteiger partial charge >= 0.3 is 0 Å². The highest BCUT2D eigenvalue weighted by Gasteiger charge is 2.25. The summed E-state index contributed by atoms with van der Waals surface area (Å²) in [5, 5.41) is 0. The zero-order chi connectivity index (χ0) is 19.5. The van der Waals surface area contributed by atoms with Crippen molar-refractivity contribution in [3.05, 3.63) is 71.4 Å². The van der Waals surface area contributed by atoms with Gasteiger partial charge < -0.3 is 9.15 Å². The molecule has 0 unspecified atom stereocenters. The van der Waals surface area contributed by atoms with Gasteiger partial charge in [-0.25, -0.2) is 9.37 Å². The predicted octanol–water partition coefficient (Wildman–Crippen LogP) is 5.21. The highest BCUT2D eigenvalue weighted by Crippen LogP contribution is 2.32. The molecular formula is C23H25FN2O2. The summed E-state index contributed by atoms with van der Waals surface area (Å²) in [6.45, 7) is 4.63. The summed E-state index contributed by atoms with van der Waals surface area (Å²) < 4.78 is 24.7. The lowest BCUT2D eigenvalue weighted by atomic mass is 10.2. The Bertz CT molecular complexity index is 935. The van der Waals surface area contributed by atoms with E-state index in [4.69, 9.17) is 14.1 Å². The van der Waals surface area contributed by atoms with Crippen molar-refractivity contribution in [3.8, 4) is 17.2 Å². The monoisotopic (exact) mass is 380 g/mol. The minimum Gasteiger partial charge on any atom is -0.494 e. The quantitative estimate of drug-likeness (QED) is 0.538. The van der Waals surface area contributed by atoms with E-state index in [1.165, 1.54) is 31.6 Å². The topological polar surface area (TPSA) is 38.5 Å². The average molecular weight is 380 g/mol. The Morgan fingerprint density at radius 3 is 2.64 bits per heavy atom. The van der Waals surface area contributed by atoms with Crippen LogP contribution >= 0.6 is 0 Å². The fourth-order valence-electron chi connectivity index (χ4n) is 3.40. The molecule has 1 heterocycles. The molecule has 1 aliphatic carbocycles. The molecule has 28 heavy (non-hydrogen) atoms. The first-order chi connectivity index (χ1) is 13.6. The zero-order valence-corrected chi connectivity index (χ0v) is 16.3. The number of hydrogen-bond donors (Lipinski definition) is 0. The van der Waals surface area contributed by atoms with E-state index >= 15 is 0 Å². The summed E-state index contributed by atoms with van der Waals surface area (Å²) in [4.78, 5) is 7.15. The van der Waals surface area contributed by atoms with Gasteiger partial charge in [-0.2, -0.15) is 0 Å². The molecule has 0 bridgehead atoms. The van der Waals surface area contributed by atoms with Crippen LogP contribution < -0.4 is 4.74 Å². The summed E-state index contributed by atoms with van der Waals surface area (Å²) in [6, 6.07) is 15.2. The fraction of sp³-hybridized carbons (Fsp3) is 0.348. The van der Waals surface area contributed by atoms with E-state index in [0.29, 0.717) is 11.5 Å². The second kappa shape index (κ2) is 8.15. The summed E-state index contributed by atoms with van der Waals surface area (Å²) in [6.07, 6.45) is 2.62. The molecule has 4 nitrogen and oxygen atoms in total. The highest BCUT2D eigenvalue weighted by atomic mass is 19.1. The average Bonchev–Trinajstić information content (AvgIpc) is 3.44. The zero-order valence-electron chi connectivity index (χ0n) is 16.3. The van der Waals surface area contributed by atoms with Gasteiger partial charge in [0.2, 0.25) is 5.89 Å². The van der Waals surface area contributed by atoms with Gasteiger partial charge in [-0.15, -0.1) is 0 Å². The maximum Gasteiger partial charge on any atom is 0.226 e. The van der Waals surface area contributed by atoms with Gasteiger partial charge in [0.05, 0.1) is 12.8 Å². The Kier molecular flexibility index (Phi) is 5.44. The number of ether oxygens (including phenoxy) is 1. The van der Waals surface area contributed by atoms with Crippen LogP contribution in [0.2, 0.25) is 0 Å². The standard InChI is InChI=1S/C23H25FN2O2/c1-16-21(25-23(28-16)19-10-11-20(24)22(12-19)27-2)15-26(14-18-8-9-18)13-17-6-4-3-5-7-17/h3-7,10-12,18H,8-9,13-15H2,1-2H3. The number of aryl methyl sites for hydroxylation is 1. The highest BCUT2D eigenvalue weighted by molar-refractivity contribution is 5.56. The summed E-state index contributed by atoms with van der Waals surface area (Å²) in [5.74, 6) is 1.88. The Labute approximate surface area is 165 Å². The molecule has 146 valence electrons. The van der Waals surface area contributed by atoms with Crippen LogP contribution in [0.5, 0.6) is 5.75 Å². The minimum atomic E-state index is -0.395. The third-order valence-corrected chi connectivity index (χ3v) is 5.13. The van der Waals surface area contributed by atoms with E-state index < -0.39 is 5.82 Å². The normalized spacial score (nSPS) is 13.9. The molecule has 0 saturated heterocycles. The van der Waals surface area contributed by atoms with Gasteiger partial charge in [-0.05, 0) is 49.4 Å². The molecule has 1 saturated carbocycles. The van der Waals surface area contributed by atoms with Crippen molar-refractivity contribution in [1.29, 1.82) is 0 Å². The lowest BCUT2D eigenvalue weighted by molar-refractivity contribution is 0.242. The molecule has 0 atom stereocenters. The third-order valence-electron chi connectivity index (χ3n) is 5.13. The Balaban J connectivity index is 1.54. The number of methoxy groups -OCH3 is 1. The SMILES string of the molecule is COc1cc(-c2nc(CN(Cc3ccccc3)CC3CC3)c(C)o2)ccc1F. The number of benzene rings is 2. The van der Waals surface area contributed by atoms with Crippen molar-refractivity contribution in [2.45, 2.75) is 32.9 Å². The third kappa shape index (κ3) is 4.42. The number of hydrogen-bond acceptors (Lipinski definition) is 4. The smallest absolute Gasteiger partial charge is 0.226 e. The van der Waals surface area contributed by atoms with E-state index in [0.717, 1.165) is 37.0 Å². The van der Waals surface area contributed by atoms with Gasteiger partial charge in [0, 0.05) is 25.2 Å². The maximum absolute atomic E-state index is 13.7. The lowest BCUT2D eigenvalue weighted by Gasteiger charge is -2.21. The molecule has 0 spiro atoms. The molecule has 0 radical (unpaired) electrons. The second-order valence-electron chi connectivity index (χ2n) is 7.47. The molecule has 0 N–H and O–H groups in total. The van der Waals surface area contributed by atoms with Gasteiger partial charge in [0.15, 0.2) is 11.6 Å². The maximum atomic E-state index is 13.7. The molecule has 0 aliphatic heterocycles. The number of halogens is 1. The Hall–Kier alpha value is -2.66. The van der Waals surface area contributed by atoms with Crippen molar-refractivity contribution in [2.24, 2.45) is 5.92 Å². The lowest BCUT2D eigenvalue weighted by Crippen LogP contribution is -2.25. The minimum absolute atomic E-state index is 0.189. The molecule has 1 aromatic heterocycles. The molecule has 3 aromatic rings. The van der Waals surface area contributed by atoms with E-state index in [1.54, 1.807) is 12.1 Å². The van der Waals surface area contributed by atoms with Crippen LogP contribution in [0, 0.1) is 18.7 Å². The summed E-state index contributed by atoms with van der Waals surface area (Å²) in [5.41, 5.74) is 2.94. The van der Waals surface area contributed by atoms with Gasteiger partial charge in [0.1, 0.15) is 5.76 Å². The number of rotatable bonds is 8. The first-order valence-electron chi connectivity index (χ1n) is 9.69. The van der Waals surface area contributed by atoms with Crippen molar-refractivity contribution in [2.75, 3.05) is 13.7 Å². The molecule has 1 fully saturated rings. The summed E-state index contributed by atoms with van der Waals surface area (Å²) in [7, 11) is 1.45. The van der Waals surface area contributed by atoms with Crippen LogP contribution in [0.1, 0.15) is 29.9 Å². The van der Waals surface area contributed by atoms with Crippen LogP contribution in [0.4, 0.5) is 4.39 Å². The predicted molar refractivity (Wildman–Crippen MR) is 106 cm³/mol. The molecule has 0 amide bonds. The van der Waals surface area contributed by atoms with E-state index in [1.807, 2.05) is 13.0 Å². The van der Waals surface area contributed by atoms with Crippen LogP contribution in [0.25, 0.3) is 11.5 Å². The number of oxazole rings is 1. The molecule has 5 heteroatoms. The van der Waals surface area contributed by atoms with Crippen LogP contribution in [-0.4, -0.2) is 23.5 Å². The Morgan fingerprint density at radius 2 is 1.93 bits per heavy atom. The van der Waals surface area contributed by atoms with E-state index in [2.05, 4.69) is 29.2 Å². The van der Waals surface area contributed by atoms with Crippen LogP contribution in [-0.2, 0) is 13.1 Å². The van der Waals surface area contributed by atoms with Crippen molar-refractivity contribution in [1.82, 2.24) is 9.88 Å². The van der Waals surface area contributed by atoms with Crippen LogP contribution in [0.3, 0.4) is 0 Å². The second-order valence-corrected chi connectivity index (χ2v) is 7.47. The first kappa shape index (κ1) is 18.7. The van der Waals surface area contributed by atoms with Crippen LogP contribution in [0.15, 0.2) is 52.9 Å². The first-order valence-corrected chi connectivity index (χ1v) is 9.69. The van der Waals surface area contributed by atoms with E-state index in [9.17, 15) is 4.39 Å². The van der Waals surface area contributed by atoms with Crippen molar-refractivity contribution < 1.29 is 13.5 Å². The molecule has 2 aromatic carbocycles. The largest absolute Gasteiger partial charge is 0.494 e. The Morgan fingerprint density at radius 1 is 1.14 bits per heavy atom. The fourth-order valence-corrected chi connectivity index (χ4v) is 3.40. The van der Waals surface area contributed by atoms with Crippen molar-refractivity contribution in [3.63, 3.8) is 0 Å². The number of nitrogens with zero attached hydrogens (tertiary/aromatic N) is 2. The number of aromatic nitrogens is 1. The van der Waals surface area contributed by atoms with E-state index in [-0.39, 0.29) is 5.75 Å². The summed E-state index contributed by atoms with van der Waals surface area (Å²) >= 11 is 0. The van der Waals surface area contributed by atoms with Gasteiger partial charge in [0.25, 0.3) is 0 Å². The van der Waals surface area contributed by atoms with Gasteiger partial charge in [-0.3, -0.25) is 4.90 Å². The molecular weight excluding hydrogens is 355 g/mol. The van der Waals surface area contributed by atoms with Crippen molar-refractivity contribution >= 4 is 0 Å². The molecule has 4 rings (SSSR count).